The average Bonchev–Trinajstić information content (AvgIpc) is 2.99. The third-order valence-corrected chi connectivity index (χ3v) is 3.89. The van der Waals surface area contributed by atoms with Crippen molar-refractivity contribution in [1.82, 2.24) is 5.43 Å². The molecule has 0 unspecified atom stereocenters. The number of rotatable bonds is 4. The highest BCUT2D eigenvalue weighted by molar-refractivity contribution is 9.10. The molecule has 9 nitrogen and oxygen atoms in total. The number of aromatic hydroxyl groups is 2. The van der Waals surface area contributed by atoms with Gasteiger partial charge in [-0.25, -0.2) is 5.43 Å². The minimum atomic E-state index is -0.808. The number of carbonyl (C=O) groups is 1. The minimum Gasteiger partial charge on any atom is -0.507 e. The monoisotopic (exact) mass is 419 g/mol. The lowest BCUT2D eigenvalue weighted by atomic mass is 10.2. The first-order valence-corrected chi connectivity index (χ1v) is 7.87. The lowest BCUT2D eigenvalue weighted by Crippen LogP contribution is -2.16. The standard InChI is InChI=1S/C16H10BrN3O6/c17-10-1-2-14-8(3-10)5-15(26-14)16(23)19-18-7-9-4-11(20(24)25)13(22)6-12(9)21/h1-7,21-22H,(H,19,23)/b18-7+. The smallest absolute Gasteiger partial charge is 0.311 e. The Hall–Kier alpha value is -3.40. The molecule has 3 rings (SSSR count). The number of hydrogen-bond donors (Lipinski definition) is 3. The van der Waals surface area contributed by atoms with Crippen molar-refractivity contribution >= 4 is 44.7 Å². The molecule has 10 heteroatoms. The minimum absolute atomic E-state index is 0.0242. The highest BCUT2D eigenvalue weighted by Crippen LogP contribution is 2.32. The van der Waals surface area contributed by atoms with Gasteiger partial charge >= 0.3 is 11.6 Å². The number of furan rings is 1. The second kappa shape index (κ2) is 6.84. The normalized spacial score (nSPS) is 11.1. The molecule has 1 amide bonds. The SMILES string of the molecule is O=C(N/N=C/c1cc([N+](=O)[O-])c(O)cc1O)c1cc2cc(Br)ccc2o1. The van der Waals surface area contributed by atoms with E-state index in [0.717, 1.165) is 28.2 Å². The number of hydrazone groups is 1. The number of halogens is 1. The zero-order valence-electron chi connectivity index (χ0n) is 12.8. The van der Waals surface area contributed by atoms with Gasteiger partial charge in [0.2, 0.25) is 0 Å². The zero-order chi connectivity index (χ0) is 18.8. The summed E-state index contributed by atoms with van der Waals surface area (Å²) in [6.45, 7) is 0. The molecule has 0 fully saturated rings. The topological polar surface area (TPSA) is 138 Å². The quantitative estimate of drug-likeness (QED) is 0.336. The van der Waals surface area contributed by atoms with E-state index in [0.29, 0.717) is 5.58 Å². The fourth-order valence-corrected chi connectivity index (χ4v) is 2.55. The Balaban J connectivity index is 1.78. The number of nitro groups is 1. The van der Waals surface area contributed by atoms with E-state index in [2.05, 4.69) is 26.5 Å². The van der Waals surface area contributed by atoms with E-state index in [1.54, 1.807) is 18.2 Å². The predicted octanol–water partition coefficient (Wildman–Crippen LogP) is 3.28. The maximum Gasteiger partial charge on any atom is 0.311 e. The number of phenolic OH excluding ortho intramolecular Hbond substituents is 2. The molecule has 0 bridgehead atoms. The molecule has 3 N–H and O–H groups in total. The van der Waals surface area contributed by atoms with Gasteiger partial charge in [0.05, 0.1) is 11.1 Å². The first-order valence-electron chi connectivity index (χ1n) is 7.08. The van der Waals surface area contributed by atoms with Gasteiger partial charge in [-0.3, -0.25) is 14.9 Å². The highest BCUT2D eigenvalue weighted by atomic mass is 79.9. The van der Waals surface area contributed by atoms with Gasteiger partial charge in [-0.05, 0) is 24.3 Å². The summed E-state index contributed by atoms with van der Waals surface area (Å²) in [6.07, 6.45) is 1.01. The predicted molar refractivity (Wildman–Crippen MR) is 95.4 cm³/mol. The van der Waals surface area contributed by atoms with Crippen LogP contribution in [-0.4, -0.2) is 27.3 Å². The van der Waals surface area contributed by atoms with Crippen molar-refractivity contribution in [1.29, 1.82) is 0 Å². The summed E-state index contributed by atoms with van der Waals surface area (Å²) < 4.78 is 6.23. The number of nitro benzene ring substituents is 1. The van der Waals surface area contributed by atoms with Crippen molar-refractivity contribution in [3.8, 4) is 11.5 Å². The fraction of sp³-hybridized carbons (Fsp3) is 0. The molecule has 3 aromatic rings. The van der Waals surface area contributed by atoms with E-state index in [9.17, 15) is 25.1 Å². The summed E-state index contributed by atoms with van der Waals surface area (Å²) in [6, 6.07) is 8.54. The Morgan fingerprint density at radius 3 is 2.73 bits per heavy atom. The van der Waals surface area contributed by atoms with Crippen LogP contribution in [0.25, 0.3) is 11.0 Å². The van der Waals surface area contributed by atoms with Crippen molar-refractivity contribution in [2.24, 2.45) is 5.10 Å². The largest absolute Gasteiger partial charge is 0.507 e. The molecular weight excluding hydrogens is 410 g/mol. The Morgan fingerprint density at radius 1 is 1.23 bits per heavy atom. The number of nitrogens with one attached hydrogen (secondary N) is 1. The average molecular weight is 420 g/mol. The van der Waals surface area contributed by atoms with E-state index in [4.69, 9.17) is 4.42 Å². The maximum atomic E-state index is 12.1. The van der Waals surface area contributed by atoms with E-state index in [1.807, 2.05) is 0 Å². The van der Waals surface area contributed by atoms with Gasteiger partial charge in [0.15, 0.2) is 11.5 Å². The molecule has 26 heavy (non-hydrogen) atoms. The third-order valence-electron chi connectivity index (χ3n) is 3.39. The number of carbonyl (C=O) groups excluding carboxylic acids is 1. The molecular formula is C16H10BrN3O6. The Bertz CT molecular complexity index is 1060. The van der Waals surface area contributed by atoms with E-state index < -0.39 is 28.0 Å². The van der Waals surface area contributed by atoms with Crippen molar-refractivity contribution in [2.75, 3.05) is 0 Å². The molecule has 0 atom stereocenters. The molecule has 132 valence electrons. The second-order valence-electron chi connectivity index (χ2n) is 5.15. The number of hydrogen-bond acceptors (Lipinski definition) is 7. The second-order valence-corrected chi connectivity index (χ2v) is 6.06. The fourth-order valence-electron chi connectivity index (χ4n) is 2.17. The molecule has 1 aromatic heterocycles. The van der Waals surface area contributed by atoms with Gasteiger partial charge in [0.25, 0.3) is 0 Å². The summed E-state index contributed by atoms with van der Waals surface area (Å²) in [4.78, 5) is 22.0. The molecule has 0 saturated carbocycles. The molecule has 0 aliphatic heterocycles. The first kappa shape index (κ1) is 17.4. The molecule has 0 aliphatic carbocycles. The van der Waals surface area contributed by atoms with Crippen LogP contribution >= 0.6 is 15.9 Å². The van der Waals surface area contributed by atoms with Gasteiger partial charge in [0, 0.05) is 27.6 Å². The Kier molecular flexibility index (Phi) is 4.59. The van der Waals surface area contributed by atoms with Crippen molar-refractivity contribution in [2.45, 2.75) is 0 Å². The van der Waals surface area contributed by atoms with Gasteiger partial charge < -0.3 is 14.6 Å². The van der Waals surface area contributed by atoms with E-state index in [1.165, 1.54) is 6.07 Å². The van der Waals surface area contributed by atoms with E-state index in [-0.39, 0.29) is 11.3 Å². The maximum absolute atomic E-state index is 12.1. The van der Waals surface area contributed by atoms with Crippen LogP contribution in [0.3, 0.4) is 0 Å². The summed E-state index contributed by atoms with van der Waals surface area (Å²) >= 11 is 3.32. The lowest BCUT2D eigenvalue weighted by Gasteiger charge is -2.01. The van der Waals surface area contributed by atoms with Crippen LogP contribution < -0.4 is 5.43 Å². The van der Waals surface area contributed by atoms with Gasteiger partial charge in [-0.2, -0.15) is 5.10 Å². The van der Waals surface area contributed by atoms with Crippen molar-refractivity contribution in [3.63, 3.8) is 0 Å². The van der Waals surface area contributed by atoms with Crippen LogP contribution in [0, 0.1) is 10.1 Å². The number of benzene rings is 2. The van der Waals surface area contributed by atoms with Crippen LogP contribution in [0.1, 0.15) is 16.1 Å². The number of nitrogens with zero attached hydrogens (tertiary/aromatic N) is 2. The molecule has 0 aliphatic rings. The van der Waals surface area contributed by atoms with Crippen LogP contribution in [0.15, 0.2) is 50.4 Å². The Labute approximate surface area is 153 Å². The molecule has 0 radical (unpaired) electrons. The molecule has 2 aromatic carbocycles. The van der Waals surface area contributed by atoms with Crippen molar-refractivity contribution in [3.05, 3.63) is 62.3 Å². The van der Waals surface area contributed by atoms with Gasteiger partial charge in [0.1, 0.15) is 11.3 Å². The third kappa shape index (κ3) is 3.49. The van der Waals surface area contributed by atoms with Crippen LogP contribution in [0.5, 0.6) is 11.5 Å². The van der Waals surface area contributed by atoms with Gasteiger partial charge in [-0.15, -0.1) is 0 Å². The Morgan fingerprint density at radius 2 is 2.00 bits per heavy atom. The number of amides is 1. The van der Waals surface area contributed by atoms with Gasteiger partial charge in [-0.1, -0.05) is 15.9 Å². The van der Waals surface area contributed by atoms with Crippen LogP contribution in [0.2, 0.25) is 0 Å². The first-order chi connectivity index (χ1) is 12.3. The summed E-state index contributed by atoms with van der Waals surface area (Å²) in [5, 5.41) is 34.3. The van der Waals surface area contributed by atoms with E-state index >= 15 is 0 Å². The zero-order valence-corrected chi connectivity index (χ0v) is 14.4. The summed E-state index contributed by atoms with van der Waals surface area (Å²) in [5.74, 6) is -1.72. The molecule has 1 heterocycles. The van der Waals surface area contributed by atoms with Crippen molar-refractivity contribution < 1.29 is 24.3 Å². The lowest BCUT2D eigenvalue weighted by molar-refractivity contribution is -0.385. The molecule has 0 spiro atoms. The number of fused-ring (bicyclic) bond motifs is 1. The highest BCUT2D eigenvalue weighted by Gasteiger charge is 2.17. The summed E-state index contributed by atoms with van der Waals surface area (Å²) in [5.41, 5.74) is 2.07. The summed E-state index contributed by atoms with van der Waals surface area (Å²) in [7, 11) is 0. The number of phenols is 2. The van der Waals surface area contributed by atoms with Crippen LogP contribution in [0.4, 0.5) is 5.69 Å². The van der Waals surface area contributed by atoms with Crippen LogP contribution in [-0.2, 0) is 0 Å². The molecule has 0 saturated heterocycles.